The SMILES string of the molecule is Cc1ccc2c(C(C)C)ccnc2c1N. The summed E-state index contributed by atoms with van der Waals surface area (Å²) in [5.74, 6) is 0.498. The fraction of sp³-hybridized carbons (Fsp3) is 0.308. The fourth-order valence-electron chi connectivity index (χ4n) is 1.87. The van der Waals surface area contributed by atoms with Crippen LogP contribution >= 0.6 is 0 Å². The number of hydrogen-bond acceptors (Lipinski definition) is 2. The van der Waals surface area contributed by atoms with Crippen molar-refractivity contribution in [3.63, 3.8) is 0 Å². The second kappa shape index (κ2) is 3.54. The molecule has 78 valence electrons. The largest absolute Gasteiger partial charge is 0.397 e. The molecule has 0 atom stereocenters. The van der Waals surface area contributed by atoms with Crippen molar-refractivity contribution in [3.05, 3.63) is 35.5 Å². The number of nitrogens with zero attached hydrogens (tertiary/aromatic N) is 1. The van der Waals surface area contributed by atoms with Gasteiger partial charge in [-0.2, -0.15) is 0 Å². The molecular formula is C13H16N2. The van der Waals surface area contributed by atoms with E-state index in [1.807, 2.05) is 13.1 Å². The van der Waals surface area contributed by atoms with E-state index in [0.717, 1.165) is 16.8 Å². The number of rotatable bonds is 1. The van der Waals surface area contributed by atoms with Gasteiger partial charge >= 0.3 is 0 Å². The number of nitrogen functional groups attached to an aromatic ring is 1. The Labute approximate surface area is 90.1 Å². The average molecular weight is 200 g/mol. The zero-order chi connectivity index (χ0) is 11.0. The number of aromatic nitrogens is 1. The summed E-state index contributed by atoms with van der Waals surface area (Å²) < 4.78 is 0. The Morgan fingerprint density at radius 2 is 1.93 bits per heavy atom. The molecule has 2 aromatic rings. The third-order valence-electron chi connectivity index (χ3n) is 2.83. The van der Waals surface area contributed by atoms with Crippen LogP contribution in [0.25, 0.3) is 10.9 Å². The first-order chi connectivity index (χ1) is 7.11. The summed E-state index contributed by atoms with van der Waals surface area (Å²) in [6.45, 7) is 6.38. The molecule has 0 spiro atoms. The highest BCUT2D eigenvalue weighted by atomic mass is 14.7. The van der Waals surface area contributed by atoms with Gasteiger partial charge in [-0.25, -0.2) is 0 Å². The molecule has 1 aromatic carbocycles. The molecule has 15 heavy (non-hydrogen) atoms. The second-order valence-corrected chi connectivity index (χ2v) is 4.25. The highest BCUT2D eigenvalue weighted by molar-refractivity contribution is 5.93. The fourth-order valence-corrected chi connectivity index (χ4v) is 1.87. The van der Waals surface area contributed by atoms with E-state index < -0.39 is 0 Å². The summed E-state index contributed by atoms with van der Waals surface area (Å²) in [6, 6.07) is 6.25. The lowest BCUT2D eigenvalue weighted by Gasteiger charge is -2.11. The van der Waals surface area contributed by atoms with E-state index in [1.165, 1.54) is 10.9 Å². The zero-order valence-electron chi connectivity index (χ0n) is 9.41. The quantitative estimate of drug-likeness (QED) is 0.718. The minimum Gasteiger partial charge on any atom is -0.397 e. The Bertz CT molecular complexity index is 501. The number of pyridine rings is 1. The van der Waals surface area contributed by atoms with Crippen LogP contribution in [-0.2, 0) is 0 Å². The van der Waals surface area contributed by atoms with Gasteiger partial charge in [-0.05, 0) is 30.0 Å². The number of benzene rings is 1. The maximum absolute atomic E-state index is 6.02. The van der Waals surface area contributed by atoms with Gasteiger partial charge in [0.05, 0.1) is 11.2 Å². The van der Waals surface area contributed by atoms with Crippen LogP contribution in [-0.4, -0.2) is 4.98 Å². The summed E-state index contributed by atoms with van der Waals surface area (Å²) in [7, 11) is 0. The van der Waals surface area contributed by atoms with E-state index in [2.05, 4.69) is 37.0 Å². The number of nitrogens with two attached hydrogens (primary N) is 1. The van der Waals surface area contributed by atoms with Gasteiger partial charge < -0.3 is 5.73 Å². The smallest absolute Gasteiger partial charge is 0.0936 e. The van der Waals surface area contributed by atoms with E-state index in [0.29, 0.717) is 5.92 Å². The van der Waals surface area contributed by atoms with Crippen LogP contribution in [0.4, 0.5) is 5.69 Å². The zero-order valence-corrected chi connectivity index (χ0v) is 9.41. The number of anilines is 1. The van der Waals surface area contributed by atoms with Crippen molar-refractivity contribution in [1.29, 1.82) is 0 Å². The third kappa shape index (κ3) is 1.56. The van der Waals surface area contributed by atoms with Crippen molar-refractivity contribution >= 4 is 16.6 Å². The summed E-state index contributed by atoms with van der Waals surface area (Å²) >= 11 is 0. The predicted molar refractivity (Wildman–Crippen MR) is 65.0 cm³/mol. The molecule has 2 nitrogen and oxygen atoms in total. The van der Waals surface area contributed by atoms with Gasteiger partial charge in [0, 0.05) is 11.6 Å². The molecule has 0 aliphatic carbocycles. The monoisotopic (exact) mass is 200 g/mol. The molecule has 1 aromatic heterocycles. The predicted octanol–water partition coefficient (Wildman–Crippen LogP) is 3.25. The first-order valence-corrected chi connectivity index (χ1v) is 5.25. The van der Waals surface area contributed by atoms with Crippen molar-refractivity contribution < 1.29 is 0 Å². The Balaban J connectivity index is 2.83. The first-order valence-electron chi connectivity index (χ1n) is 5.25. The van der Waals surface area contributed by atoms with Gasteiger partial charge in [0.15, 0.2) is 0 Å². The van der Waals surface area contributed by atoms with Crippen LogP contribution < -0.4 is 5.73 Å². The molecule has 2 N–H and O–H groups in total. The van der Waals surface area contributed by atoms with Crippen molar-refractivity contribution in [2.75, 3.05) is 5.73 Å². The molecule has 0 saturated carbocycles. The molecule has 2 heteroatoms. The van der Waals surface area contributed by atoms with Crippen LogP contribution in [0.5, 0.6) is 0 Å². The van der Waals surface area contributed by atoms with Crippen molar-refractivity contribution in [1.82, 2.24) is 4.98 Å². The molecule has 0 fully saturated rings. The molecule has 0 saturated heterocycles. The minimum atomic E-state index is 0.498. The summed E-state index contributed by atoms with van der Waals surface area (Å²) in [5.41, 5.74) is 10.2. The Kier molecular flexibility index (Phi) is 2.35. The van der Waals surface area contributed by atoms with Crippen LogP contribution in [0.3, 0.4) is 0 Å². The Morgan fingerprint density at radius 1 is 1.20 bits per heavy atom. The maximum Gasteiger partial charge on any atom is 0.0936 e. The molecule has 1 heterocycles. The standard InChI is InChI=1S/C13H16N2/c1-8(2)10-6-7-15-13-11(10)5-4-9(3)12(13)14/h4-8H,14H2,1-3H3. The maximum atomic E-state index is 6.02. The summed E-state index contributed by atoms with van der Waals surface area (Å²) in [6.07, 6.45) is 1.84. The van der Waals surface area contributed by atoms with Gasteiger partial charge in [-0.15, -0.1) is 0 Å². The lowest BCUT2D eigenvalue weighted by atomic mass is 9.97. The normalized spacial score (nSPS) is 11.2. The number of hydrogen-bond donors (Lipinski definition) is 1. The van der Waals surface area contributed by atoms with Gasteiger partial charge in [-0.1, -0.05) is 26.0 Å². The molecule has 0 radical (unpaired) electrons. The van der Waals surface area contributed by atoms with Gasteiger partial charge in [0.1, 0.15) is 0 Å². The molecule has 0 aliphatic rings. The summed E-state index contributed by atoms with van der Waals surface area (Å²) in [5, 5.41) is 1.18. The van der Waals surface area contributed by atoms with Crippen LogP contribution in [0.15, 0.2) is 24.4 Å². The third-order valence-corrected chi connectivity index (χ3v) is 2.83. The first kappa shape index (κ1) is 9.97. The average Bonchev–Trinajstić information content (AvgIpc) is 2.23. The molecule has 2 rings (SSSR count). The highest BCUT2D eigenvalue weighted by Crippen LogP contribution is 2.28. The number of aryl methyl sites for hydroxylation is 1. The van der Waals surface area contributed by atoms with E-state index >= 15 is 0 Å². The van der Waals surface area contributed by atoms with Crippen molar-refractivity contribution in [2.24, 2.45) is 0 Å². The van der Waals surface area contributed by atoms with Gasteiger partial charge in [0.25, 0.3) is 0 Å². The summed E-state index contributed by atoms with van der Waals surface area (Å²) in [4.78, 5) is 4.36. The lowest BCUT2D eigenvalue weighted by molar-refractivity contribution is 0.874. The molecule has 0 aliphatic heterocycles. The van der Waals surface area contributed by atoms with Crippen LogP contribution in [0.2, 0.25) is 0 Å². The minimum absolute atomic E-state index is 0.498. The molecular weight excluding hydrogens is 184 g/mol. The van der Waals surface area contributed by atoms with E-state index in [1.54, 1.807) is 0 Å². The van der Waals surface area contributed by atoms with E-state index in [9.17, 15) is 0 Å². The van der Waals surface area contributed by atoms with Crippen molar-refractivity contribution in [3.8, 4) is 0 Å². The molecule has 0 amide bonds. The topological polar surface area (TPSA) is 38.9 Å². The van der Waals surface area contributed by atoms with E-state index in [-0.39, 0.29) is 0 Å². The Morgan fingerprint density at radius 3 is 2.60 bits per heavy atom. The van der Waals surface area contributed by atoms with E-state index in [4.69, 9.17) is 5.73 Å². The second-order valence-electron chi connectivity index (χ2n) is 4.25. The van der Waals surface area contributed by atoms with Gasteiger partial charge in [-0.3, -0.25) is 4.98 Å². The number of fused-ring (bicyclic) bond motifs is 1. The van der Waals surface area contributed by atoms with Crippen molar-refractivity contribution in [2.45, 2.75) is 26.7 Å². The van der Waals surface area contributed by atoms with Crippen LogP contribution in [0.1, 0.15) is 30.9 Å². The molecule has 0 bridgehead atoms. The Hall–Kier alpha value is -1.57. The lowest BCUT2D eigenvalue weighted by Crippen LogP contribution is -1.96. The highest BCUT2D eigenvalue weighted by Gasteiger charge is 2.08. The van der Waals surface area contributed by atoms with Crippen LogP contribution in [0, 0.1) is 6.92 Å². The molecule has 0 unspecified atom stereocenters. The van der Waals surface area contributed by atoms with Gasteiger partial charge in [0.2, 0.25) is 0 Å².